The van der Waals surface area contributed by atoms with Gasteiger partial charge in [-0.2, -0.15) is 0 Å². The Labute approximate surface area is 114 Å². The summed E-state index contributed by atoms with van der Waals surface area (Å²) >= 11 is 0. The minimum Gasteiger partial charge on any atom is -0.468 e. The molecule has 0 aliphatic carbocycles. The van der Waals surface area contributed by atoms with Crippen LogP contribution in [0.4, 0.5) is 4.79 Å². The van der Waals surface area contributed by atoms with E-state index in [-0.39, 0.29) is 12.6 Å². The van der Waals surface area contributed by atoms with Crippen molar-refractivity contribution in [3.05, 3.63) is 0 Å². The molecule has 112 valence electrons. The van der Waals surface area contributed by atoms with Crippen LogP contribution < -0.4 is 16.4 Å². The lowest BCUT2D eigenvalue weighted by molar-refractivity contribution is -0.142. The Balaban J connectivity index is 3.84. The summed E-state index contributed by atoms with van der Waals surface area (Å²) in [6.07, 6.45) is -0.474. The number of nitrogens with two attached hydrogens (primary N) is 1. The van der Waals surface area contributed by atoms with Gasteiger partial charge in [-0.25, -0.2) is 4.79 Å². The maximum Gasteiger partial charge on any atom is 0.407 e. The summed E-state index contributed by atoms with van der Waals surface area (Å²) in [6, 6.07) is -0.753. The van der Waals surface area contributed by atoms with Crippen molar-refractivity contribution in [1.82, 2.24) is 10.6 Å². The minimum atomic E-state index is -0.714. The van der Waals surface area contributed by atoms with Crippen LogP contribution >= 0.6 is 0 Å². The summed E-state index contributed by atoms with van der Waals surface area (Å²) in [7, 11) is 1.29. The number of hydrogen-bond acceptors (Lipinski definition) is 6. The smallest absolute Gasteiger partial charge is 0.407 e. The number of methoxy groups -OCH3 is 1. The lowest BCUT2D eigenvalue weighted by atomic mass is 10.2. The number of hydrogen-bond donors (Lipinski definition) is 3. The van der Waals surface area contributed by atoms with Gasteiger partial charge in [0.25, 0.3) is 0 Å². The Morgan fingerprint density at radius 1 is 1.26 bits per heavy atom. The molecule has 0 saturated carbocycles. The SMILES string of the molecule is COC(=O)C(N)CNC(C)CNC(=O)OC(C)(C)C. The molecule has 0 aliphatic heterocycles. The van der Waals surface area contributed by atoms with Gasteiger partial charge in [0.2, 0.25) is 0 Å². The molecule has 0 bridgehead atoms. The van der Waals surface area contributed by atoms with E-state index in [1.165, 1.54) is 7.11 Å². The third-order valence-electron chi connectivity index (χ3n) is 2.14. The molecule has 2 atom stereocenters. The van der Waals surface area contributed by atoms with Gasteiger partial charge in [-0.3, -0.25) is 4.79 Å². The molecule has 0 aliphatic rings. The Hall–Kier alpha value is -1.34. The van der Waals surface area contributed by atoms with Crippen LogP contribution in [-0.2, 0) is 14.3 Å². The van der Waals surface area contributed by atoms with Gasteiger partial charge < -0.3 is 25.8 Å². The molecule has 4 N–H and O–H groups in total. The van der Waals surface area contributed by atoms with Gasteiger partial charge in [-0.1, -0.05) is 0 Å². The van der Waals surface area contributed by atoms with Crippen LogP contribution in [0.5, 0.6) is 0 Å². The van der Waals surface area contributed by atoms with Crippen molar-refractivity contribution >= 4 is 12.1 Å². The van der Waals surface area contributed by atoms with E-state index in [2.05, 4.69) is 15.4 Å². The lowest BCUT2D eigenvalue weighted by Gasteiger charge is -2.21. The molecule has 0 aromatic heterocycles. The highest BCUT2D eigenvalue weighted by atomic mass is 16.6. The first-order valence-corrected chi connectivity index (χ1v) is 6.19. The fourth-order valence-electron chi connectivity index (χ4n) is 1.19. The Morgan fingerprint density at radius 3 is 2.32 bits per heavy atom. The molecule has 7 nitrogen and oxygen atoms in total. The van der Waals surface area contributed by atoms with Gasteiger partial charge in [-0.05, 0) is 27.7 Å². The van der Waals surface area contributed by atoms with Crippen molar-refractivity contribution in [2.45, 2.75) is 45.4 Å². The number of alkyl carbamates (subject to hydrolysis) is 1. The van der Waals surface area contributed by atoms with Crippen LogP contribution in [0.3, 0.4) is 0 Å². The van der Waals surface area contributed by atoms with Gasteiger partial charge >= 0.3 is 12.1 Å². The highest BCUT2D eigenvalue weighted by Crippen LogP contribution is 2.06. The second-order valence-corrected chi connectivity index (χ2v) is 5.32. The summed E-state index contributed by atoms with van der Waals surface area (Å²) in [5.74, 6) is -0.472. The highest BCUT2D eigenvalue weighted by Gasteiger charge is 2.17. The number of ether oxygens (including phenoxy) is 2. The van der Waals surface area contributed by atoms with E-state index in [1.54, 1.807) is 20.8 Å². The number of carbonyl (C=O) groups is 2. The monoisotopic (exact) mass is 275 g/mol. The van der Waals surface area contributed by atoms with Crippen LogP contribution in [0.25, 0.3) is 0 Å². The molecule has 0 rings (SSSR count). The van der Waals surface area contributed by atoms with Crippen LogP contribution in [-0.4, -0.2) is 49.9 Å². The number of nitrogens with one attached hydrogen (secondary N) is 2. The van der Waals surface area contributed by atoms with Gasteiger partial charge in [-0.15, -0.1) is 0 Å². The predicted molar refractivity (Wildman–Crippen MR) is 71.7 cm³/mol. The summed E-state index contributed by atoms with van der Waals surface area (Å²) < 4.78 is 9.60. The third kappa shape index (κ3) is 9.26. The second kappa shape index (κ2) is 7.96. The molecular formula is C12H25N3O4. The fourth-order valence-corrected chi connectivity index (χ4v) is 1.19. The predicted octanol–water partition coefficient (Wildman–Crippen LogP) is -0.0105. The summed E-state index contributed by atoms with van der Waals surface area (Å²) in [6.45, 7) is 7.91. The van der Waals surface area contributed by atoms with Crippen LogP contribution in [0.1, 0.15) is 27.7 Å². The van der Waals surface area contributed by atoms with Crippen LogP contribution in [0, 0.1) is 0 Å². The van der Waals surface area contributed by atoms with E-state index < -0.39 is 23.7 Å². The van der Waals surface area contributed by atoms with Crippen molar-refractivity contribution in [1.29, 1.82) is 0 Å². The molecule has 0 aromatic rings. The topological polar surface area (TPSA) is 103 Å². The molecule has 0 radical (unpaired) electrons. The lowest BCUT2D eigenvalue weighted by Crippen LogP contribution is -2.47. The molecule has 2 unspecified atom stereocenters. The zero-order chi connectivity index (χ0) is 15.1. The molecule has 0 spiro atoms. The molecule has 0 fully saturated rings. The van der Waals surface area contributed by atoms with Crippen molar-refractivity contribution < 1.29 is 19.1 Å². The largest absolute Gasteiger partial charge is 0.468 e. The van der Waals surface area contributed by atoms with E-state index >= 15 is 0 Å². The van der Waals surface area contributed by atoms with Gasteiger partial charge in [0.1, 0.15) is 11.6 Å². The first kappa shape index (κ1) is 17.7. The van der Waals surface area contributed by atoms with E-state index in [1.807, 2.05) is 6.92 Å². The summed E-state index contributed by atoms with van der Waals surface area (Å²) in [4.78, 5) is 22.5. The van der Waals surface area contributed by atoms with Crippen molar-refractivity contribution in [3.63, 3.8) is 0 Å². The maximum absolute atomic E-state index is 11.4. The summed E-state index contributed by atoms with van der Waals surface area (Å²) in [5.41, 5.74) is 5.05. The first-order valence-electron chi connectivity index (χ1n) is 6.19. The highest BCUT2D eigenvalue weighted by molar-refractivity contribution is 5.75. The standard InChI is InChI=1S/C12H25N3O4/c1-8(14-7-9(13)10(16)18-5)6-15-11(17)19-12(2,3)4/h8-9,14H,6-7,13H2,1-5H3,(H,15,17). The zero-order valence-electron chi connectivity index (χ0n) is 12.3. The second-order valence-electron chi connectivity index (χ2n) is 5.32. The number of esters is 1. The summed E-state index contributed by atoms with van der Waals surface area (Å²) in [5, 5.41) is 5.64. The quantitative estimate of drug-likeness (QED) is 0.589. The molecule has 0 aromatic carbocycles. The Morgan fingerprint density at radius 2 is 1.84 bits per heavy atom. The molecule has 19 heavy (non-hydrogen) atoms. The fraction of sp³-hybridized carbons (Fsp3) is 0.833. The van der Waals surface area contributed by atoms with Crippen LogP contribution in [0.2, 0.25) is 0 Å². The Kier molecular flexibility index (Phi) is 7.40. The van der Waals surface area contributed by atoms with E-state index in [4.69, 9.17) is 10.5 Å². The zero-order valence-corrected chi connectivity index (χ0v) is 12.3. The number of rotatable bonds is 6. The van der Waals surface area contributed by atoms with E-state index in [0.29, 0.717) is 6.54 Å². The van der Waals surface area contributed by atoms with E-state index in [9.17, 15) is 9.59 Å². The van der Waals surface area contributed by atoms with Gasteiger partial charge in [0.15, 0.2) is 0 Å². The molecule has 0 heterocycles. The average Bonchev–Trinajstić information content (AvgIpc) is 2.30. The average molecular weight is 275 g/mol. The van der Waals surface area contributed by atoms with Crippen molar-refractivity contribution in [3.8, 4) is 0 Å². The van der Waals surface area contributed by atoms with Crippen molar-refractivity contribution in [2.24, 2.45) is 5.73 Å². The number of amides is 1. The van der Waals surface area contributed by atoms with Crippen molar-refractivity contribution in [2.75, 3.05) is 20.2 Å². The molecule has 0 saturated heterocycles. The van der Waals surface area contributed by atoms with Gasteiger partial charge in [0.05, 0.1) is 7.11 Å². The molecular weight excluding hydrogens is 250 g/mol. The van der Waals surface area contributed by atoms with E-state index in [0.717, 1.165) is 0 Å². The third-order valence-corrected chi connectivity index (χ3v) is 2.14. The first-order chi connectivity index (χ1) is 8.65. The Bertz CT molecular complexity index is 302. The maximum atomic E-state index is 11.4. The minimum absolute atomic E-state index is 0.0387. The van der Waals surface area contributed by atoms with Crippen LogP contribution in [0.15, 0.2) is 0 Å². The van der Waals surface area contributed by atoms with Gasteiger partial charge in [0, 0.05) is 19.1 Å². The normalized spacial score (nSPS) is 14.4. The molecule has 1 amide bonds. The number of carbonyl (C=O) groups excluding carboxylic acids is 2. The molecule has 7 heteroatoms.